The number of hydrogen-bond donors (Lipinski definition) is 1. The molecule has 0 aliphatic heterocycles. The number of pyridine rings is 1. The van der Waals surface area contributed by atoms with Crippen molar-refractivity contribution in [3.05, 3.63) is 123 Å². The minimum atomic E-state index is -1.27. The van der Waals surface area contributed by atoms with Crippen molar-refractivity contribution in [1.82, 2.24) is 9.88 Å². The lowest BCUT2D eigenvalue weighted by molar-refractivity contribution is 0.0656. The van der Waals surface area contributed by atoms with E-state index >= 15 is 0 Å². The van der Waals surface area contributed by atoms with Gasteiger partial charge in [-0.25, -0.2) is 4.98 Å². The van der Waals surface area contributed by atoms with Crippen LogP contribution in [0.15, 0.2) is 95.5 Å². The summed E-state index contributed by atoms with van der Waals surface area (Å²) in [6, 6.07) is 30.7. The highest BCUT2D eigenvalue weighted by atomic mass is 79.9. The van der Waals surface area contributed by atoms with Crippen LogP contribution in [0.25, 0.3) is 21.7 Å². The van der Waals surface area contributed by atoms with Gasteiger partial charge in [0.05, 0.1) is 5.52 Å². The zero-order valence-corrected chi connectivity index (χ0v) is 22.7. The number of nitrogens with zero attached hydrogens (tertiary/aromatic N) is 2. The summed E-state index contributed by atoms with van der Waals surface area (Å²) in [4.78, 5) is 6.97. The maximum absolute atomic E-state index is 12.6. The van der Waals surface area contributed by atoms with E-state index in [-0.39, 0.29) is 0 Å². The maximum Gasteiger partial charge on any atom is 0.133 e. The lowest BCUT2D eigenvalue weighted by Gasteiger charge is -2.33. The SMILES string of the molecule is CN(C)CCC(O)(c1cccc2ccccc12)c1cc(Br)cc2cc(Cc3ccccc3)c(Cl)nc12. The summed E-state index contributed by atoms with van der Waals surface area (Å²) in [7, 11) is 4.04. The number of halogens is 2. The van der Waals surface area contributed by atoms with E-state index in [0.29, 0.717) is 30.1 Å². The smallest absolute Gasteiger partial charge is 0.133 e. The fourth-order valence-electron chi connectivity index (χ4n) is 4.91. The molecule has 5 aromatic rings. The van der Waals surface area contributed by atoms with Gasteiger partial charge in [0.1, 0.15) is 10.8 Å². The average Bonchev–Trinajstić information content (AvgIpc) is 2.88. The molecule has 1 unspecified atom stereocenters. The second-order valence-electron chi connectivity index (χ2n) is 9.57. The van der Waals surface area contributed by atoms with Crippen molar-refractivity contribution < 1.29 is 5.11 Å². The van der Waals surface area contributed by atoms with Crippen LogP contribution in [0.4, 0.5) is 0 Å². The minimum Gasteiger partial charge on any atom is -0.380 e. The van der Waals surface area contributed by atoms with E-state index in [4.69, 9.17) is 16.6 Å². The van der Waals surface area contributed by atoms with Gasteiger partial charge in [-0.1, -0.05) is 100 Å². The molecule has 4 aromatic carbocycles. The van der Waals surface area contributed by atoms with Crippen molar-refractivity contribution in [2.24, 2.45) is 0 Å². The molecule has 1 aromatic heterocycles. The topological polar surface area (TPSA) is 36.4 Å². The zero-order chi connectivity index (χ0) is 25.3. The normalized spacial score (nSPS) is 13.4. The molecule has 0 radical (unpaired) electrons. The Hall–Kier alpha value is -2.76. The lowest BCUT2D eigenvalue weighted by Crippen LogP contribution is -2.32. The summed E-state index contributed by atoms with van der Waals surface area (Å²) in [5.41, 5.74) is 3.20. The van der Waals surface area contributed by atoms with Crippen molar-refractivity contribution in [3.8, 4) is 0 Å². The number of aromatic nitrogens is 1. The first kappa shape index (κ1) is 24.9. The summed E-state index contributed by atoms with van der Waals surface area (Å²) in [5.74, 6) is 0. The Balaban J connectivity index is 1.73. The predicted octanol–water partition coefficient (Wildman–Crippen LogP) is 7.58. The molecule has 36 heavy (non-hydrogen) atoms. The number of hydrogen-bond acceptors (Lipinski definition) is 3. The Bertz CT molecular complexity index is 1530. The first-order chi connectivity index (χ1) is 17.3. The molecule has 0 aliphatic carbocycles. The van der Waals surface area contributed by atoms with Crippen LogP contribution in [0.3, 0.4) is 0 Å². The Morgan fingerprint density at radius 2 is 1.58 bits per heavy atom. The number of benzene rings is 4. The quantitative estimate of drug-likeness (QED) is 0.209. The standard InChI is InChI=1S/C31H28BrClN2O/c1-35(2)16-15-31(36,27-14-8-12-22-11-6-7-13-26(22)27)28-20-25(32)19-23-18-24(30(33)34-29(23)28)17-21-9-4-3-5-10-21/h3-14,18-20,36H,15-17H2,1-2H3. The van der Waals surface area contributed by atoms with E-state index in [1.54, 1.807) is 0 Å². The summed E-state index contributed by atoms with van der Waals surface area (Å²) >= 11 is 10.5. The molecule has 0 saturated carbocycles. The van der Waals surface area contributed by atoms with E-state index < -0.39 is 5.60 Å². The second-order valence-corrected chi connectivity index (χ2v) is 10.8. The van der Waals surface area contributed by atoms with Gasteiger partial charge in [0.25, 0.3) is 0 Å². The van der Waals surface area contributed by atoms with Gasteiger partial charge in [0.15, 0.2) is 0 Å². The molecule has 0 aliphatic rings. The Kier molecular flexibility index (Phi) is 7.14. The Morgan fingerprint density at radius 3 is 2.36 bits per heavy atom. The molecule has 0 amide bonds. The van der Waals surface area contributed by atoms with Crippen LogP contribution in [-0.4, -0.2) is 35.6 Å². The molecule has 0 fully saturated rings. The molecular formula is C31H28BrClN2O. The van der Waals surface area contributed by atoms with Crippen molar-refractivity contribution in [2.45, 2.75) is 18.4 Å². The van der Waals surface area contributed by atoms with Gasteiger partial charge in [0, 0.05) is 28.4 Å². The molecule has 0 saturated heterocycles. The average molecular weight is 560 g/mol. The molecule has 182 valence electrons. The van der Waals surface area contributed by atoms with Gasteiger partial charge in [-0.15, -0.1) is 0 Å². The van der Waals surface area contributed by atoms with Gasteiger partial charge < -0.3 is 10.0 Å². The van der Waals surface area contributed by atoms with Crippen molar-refractivity contribution in [3.63, 3.8) is 0 Å². The Morgan fingerprint density at radius 1 is 0.861 bits per heavy atom. The lowest BCUT2D eigenvalue weighted by atomic mass is 9.80. The third-order valence-corrected chi connectivity index (χ3v) is 7.53. The summed E-state index contributed by atoms with van der Waals surface area (Å²) in [6.45, 7) is 0.702. The van der Waals surface area contributed by atoms with Crippen molar-refractivity contribution in [2.75, 3.05) is 20.6 Å². The molecule has 3 nitrogen and oxygen atoms in total. The molecule has 1 N–H and O–H groups in total. The van der Waals surface area contributed by atoms with Crippen LogP contribution in [0.1, 0.15) is 28.7 Å². The van der Waals surface area contributed by atoms with Crippen LogP contribution < -0.4 is 0 Å². The fourth-order valence-corrected chi connectivity index (χ4v) is 5.59. The molecule has 0 spiro atoms. The number of rotatable bonds is 7. The van der Waals surface area contributed by atoms with Gasteiger partial charge in [0.2, 0.25) is 0 Å². The number of fused-ring (bicyclic) bond motifs is 2. The minimum absolute atomic E-state index is 0.461. The van der Waals surface area contributed by atoms with Crippen molar-refractivity contribution in [1.29, 1.82) is 0 Å². The first-order valence-corrected chi connectivity index (χ1v) is 13.2. The fraction of sp³-hybridized carbons (Fsp3) is 0.194. The van der Waals surface area contributed by atoms with E-state index in [9.17, 15) is 5.11 Å². The highest BCUT2D eigenvalue weighted by molar-refractivity contribution is 9.10. The van der Waals surface area contributed by atoms with E-state index in [0.717, 1.165) is 37.3 Å². The zero-order valence-electron chi connectivity index (χ0n) is 20.4. The van der Waals surface area contributed by atoms with Gasteiger partial charge in [-0.3, -0.25) is 0 Å². The second kappa shape index (κ2) is 10.3. The summed E-state index contributed by atoms with van der Waals surface area (Å²) in [5, 5.41) is 16.1. The molecule has 5 rings (SSSR count). The van der Waals surface area contributed by atoms with Gasteiger partial charge in [-0.2, -0.15) is 0 Å². The maximum atomic E-state index is 12.6. The van der Waals surface area contributed by atoms with Crippen LogP contribution in [0.2, 0.25) is 5.15 Å². The predicted molar refractivity (Wildman–Crippen MR) is 154 cm³/mol. The molecule has 1 atom stereocenters. The Labute approximate surface area is 225 Å². The molecular weight excluding hydrogens is 532 g/mol. The van der Waals surface area contributed by atoms with Crippen molar-refractivity contribution >= 4 is 49.2 Å². The monoisotopic (exact) mass is 558 g/mol. The van der Waals surface area contributed by atoms with Crippen LogP contribution in [0, 0.1) is 0 Å². The van der Waals surface area contributed by atoms with Crippen LogP contribution in [-0.2, 0) is 12.0 Å². The van der Waals surface area contributed by atoms with E-state index in [1.165, 1.54) is 5.56 Å². The van der Waals surface area contributed by atoms with E-state index in [1.807, 2.05) is 68.7 Å². The van der Waals surface area contributed by atoms with E-state index in [2.05, 4.69) is 57.2 Å². The first-order valence-electron chi connectivity index (χ1n) is 12.0. The number of aliphatic hydroxyl groups is 1. The van der Waals surface area contributed by atoms with Gasteiger partial charge in [-0.05, 0) is 66.2 Å². The van der Waals surface area contributed by atoms with Crippen LogP contribution in [0.5, 0.6) is 0 Å². The molecule has 5 heteroatoms. The largest absolute Gasteiger partial charge is 0.380 e. The molecule has 0 bridgehead atoms. The highest BCUT2D eigenvalue weighted by Gasteiger charge is 2.35. The van der Waals surface area contributed by atoms with Crippen LogP contribution >= 0.6 is 27.5 Å². The molecule has 1 heterocycles. The highest BCUT2D eigenvalue weighted by Crippen LogP contribution is 2.42. The van der Waals surface area contributed by atoms with Gasteiger partial charge >= 0.3 is 0 Å². The summed E-state index contributed by atoms with van der Waals surface area (Å²) in [6.07, 6.45) is 1.20. The summed E-state index contributed by atoms with van der Waals surface area (Å²) < 4.78 is 0.892. The third-order valence-electron chi connectivity index (χ3n) is 6.75. The third kappa shape index (κ3) is 4.91.